The molecule has 0 aliphatic heterocycles. The van der Waals surface area contributed by atoms with Gasteiger partial charge in [0, 0.05) is 22.0 Å². The van der Waals surface area contributed by atoms with Crippen LogP contribution < -0.4 is 5.90 Å². The Morgan fingerprint density at radius 1 is 1.00 bits per heavy atom. The van der Waals surface area contributed by atoms with Crippen molar-refractivity contribution >= 4 is 23.2 Å². The predicted octanol–water partition coefficient (Wildman–Crippen LogP) is 3.50. The average Bonchev–Trinajstić information content (AvgIpc) is 2.55. The van der Waals surface area contributed by atoms with Crippen LogP contribution in [0.4, 0.5) is 0 Å². The SMILES string of the molecule is NOC(O[C@@H](CO)Cc1c(Cl)cccc1Cl)c1ccccc1. The van der Waals surface area contributed by atoms with E-state index in [1.807, 2.05) is 30.3 Å². The highest BCUT2D eigenvalue weighted by Gasteiger charge is 2.20. The van der Waals surface area contributed by atoms with E-state index in [2.05, 4.69) is 0 Å². The quantitative estimate of drug-likeness (QED) is 0.597. The summed E-state index contributed by atoms with van der Waals surface area (Å²) in [4.78, 5) is 4.87. The van der Waals surface area contributed by atoms with Crippen molar-refractivity contribution < 1.29 is 14.7 Å². The Labute approximate surface area is 139 Å². The molecule has 0 amide bonds. The van der Waals surface area contributed by atoms with Gasteiger partial charge >= 0.3 is 0 Å². The number of nitrogens with two attached hydrogens (primary N) is 1. The summed E-state index contributed by atoms with van der Waals surface area (Å²) in [5, 5.41) is 10.6. The monoisotopic (exact) mass is 341 g/mol. The topological polar surface area (TPSA) is 64.7 Å². The zero-order chi connectivity index (χ0) is 15.9. The number of ether oxygens (including phenoxy) is 1. The molecule has 0 bridgehead atoms. The first-order valence-corrected chi connectivity index (χ1v) is 7.51. The van der Waals surface area contributed by atoms with Crippen LogP contribution in [0.5, 0.6) is 0 Å². The van der Waals surface area contributed by atoms with Gasteiger partial charge in [-0.3, -0.25) is 4.84 Å². The van der Waals surface area contributed by atoms with Crippen LogP contribution in [0.3, 0.4) is 0 Å². The highest BCUT2D eigenvalue weighted by Crippen LogP contribution is 2.28. The highest BCUT2D eigenvalue weighted by molar-refractivity contribution is 6.35. The second kappa shape index (κ2) is 8.48. The molecule has 2 aromatic rings. The molecule has 4 nitrogen and oxygen atoms in total. The maximum Gasteiger partial charge on any atom is 0.203 e. The lowest BCUT2D eigenvalue weighted by atomic mass is 10.1. The second-order valence-corrected chi connectivity index (χ2v) is 5.54. The van der Waals surface area contributed by atoms with Gasteiger partial charge in [-0.25, -0.2) is 5.90 Å². The molecule has 0 fully saturated rings. The lowest BCUT2D eigenvalue weighted by molar-refractivity contribution is -0.185. The fourth-order valence-electron chi connectivity index (χ4n) is 2.08. The van der Waals surface area contributed by atoms with Crippen LogP contribution in [0, 0.1) is 0 Å². The molecule has 6 heteroatoms. The Kier molecular flexibility index (Phi) is 6.64. The zero-order valence-corrected chi connectivity index (χ0v) is 13.3. The van der Waals surface area contributed by atoms with Crippen LogP contribution in [0.15, 0.2) is 48.5 Å². The van der Waals surface area contributed by atoms with E-state index in [1.165, 1.54) is 0 Å². The summed E-state index contributed by atoms with van der Waals surface area (Å²) >= 11 is 12.3. The third-order valence-electron chi connectivity index (χ3n) is 3.21. The lowest BCUT2D eigenvalue weighted by Crippen LogP contribution is -2.26. The molecule has 0 aliphatic rings. The maximum absolute atomic E-state index is 9.55. The van der Waals surface area contributed by atoms with E-state index in [0.717, 1.165) is 5.56 Å². The van der Waals surface area contributed by atoms with Gasteiger partial charge in [0.2, 0.25) is 6.29 Å². The fourth-order valence-corrected chi connectivity index (χ4v) is 2.64. The first-order valence-electron chi connectivity index (χ1n) is 6.75. The van der Waals surface area contributed by atoms with Crippen LogP contribution in [-0.2, 0) is 16.0 Å². The fraction of sp³-hybridized carbons (Fsp3) is 0.250. The standard InChI is InChI=1S/C16H17Cl2NO3/c17-14-7-4-8-15(18)13(14)9-12(10-20)21-16(22-19)11-5-2-1-3-6-11/h1-8,12,16,20H,9-10,19H2/t12-,16?/m1/s1. The van der Waals surface area contributed by atoms with Gasteiger partial charge in [-0.1, -0.05) is 59.6 Å². The van der Waals surface area contributed by atoms with Gasteiger partial charge in [0.15, 0.2) is 0 Å². The van der Waals surface area contributed by atoms with E-state index in [1.54, 1.807) is 18.2 Å². The molecular weight excluding hydrogens is 325 g/mol. The highest BCUT2D eigenvalue weighted by atomic mass is 35.5. The number of aliphatic hydroxyl groups excluding tert-OH is 1. The molecule has 2 atom stereocenters. The minimum Gasteiger partial charge on any atom is -0.394 e. The van der Waals surface area contributed by atoms with Crippen LogP contribution in [0.2, 0.25) is 10.0 Å². The van der Waals surface area contributed by atoms with Crippen molar-refractivity contribution in [1.82, 2.24) is 0 Å². The smallest absolute Gasteiger partial charge is 0.203 e. The van der Waals surface area contributed by atoms with Crippen LogP contribution in [0.25, 0.3) is 0 Å². The van der Waals surface area contributed by atoms with Crippen molar-refractivity contribution in [3.8, 4) is 0 Å². The Morgan fingerprint density at radius 3 is 2.18 bits per heavy atom. The van der Waals surface area contributed by atoms with Gasteiger partial charge in [0.25, 0.3) is 0 Å². The zero-order valence-electron chi connectivity index (χ0n) is 11.8. The van der Waals surface area contributed by atoms with Crippen molar-refractivity contribution in [2.75, 3.05) is 6.61 Å². The summed E-state index contributed by atoms with van der Waals surface area (Å²) in [7, 11) is 0. The number of hydrogen-bond donors (Lipinski definition) is 2. The van der Waals surface area contributed by atoms with Crippen molar-refractivity contribution in [2.24, 2.45) is 5.90 Å². The molecule has 118 valence electrons. The molecule has 0 aliphatic carbocycles. The molecule has 0 saturated carbocycles. The summed E-state index contributed by atoms with van der Waals surface area (Å²) in [6.45, 7) is -0.214. The molecule has 2 aromatic carbocycles. The number of halogens is 2. The minimum atomic E-state index is -0.778. The molecule has 2 rings (SSSR count). The third-order valence-corrected chi connectivity index (χ3v) is 3.92. The summed E-state index contributed by atoms with van der Waals surface area (Å²) in [6, 6.07) is 14.5. The molecule has 0 heterocycles. The third kappa shape index (κ3) is 4.43. The Morgan fingerprint density at radius 2 is 1.64 bits per heavy atom. The van der Waals surface area contributed by atoms with Crippen molar-refractivity contribution in [2.45, 2.75) is 18.8 Å². The first kappa shape index (κ1) is 17.2. The van der Waals surface area contributed by atoms with Gasteiger partial charge < -0.3 is 9.84 Å². The first-order chi connectivity index (χ1) is 10.7. The van der Waals surface area contributed by atoms with Gasteiger partial charge in [0.1, 0.15) is 0 Å². The number of aliphatic hydroxyl groups is 1. The van der Waals surface area contributed by atoms with Crippen molar-refractivity contribution in [1.29, 1.82) is 0 Å². The van der Waals surface area contributed by atoms with E-state index in [9.17, 15) is 5.11 Å². The number of hydrogen-bond acceptors (Lipinski definition) is 4. The van der Waals surface area contributed by atoms with E-state index in [0.29, 0.717) is 22.0 Å². The summed E-state index contributed by atoms with van der Waals surface area (Å²) < 4.78 is 5.73. The van der Waals surface area contributed by atoms with E-state index in [4.69, 9.17) is 38.7 Å². The Bertz CT molecular complexity index is 575. The normalized spacial score (nSPS) is 13.8. The van der Waals surface area contributed by atoms with Gasteiger partial charge in [-0.2, -0.15) is 0 Å². The summed E-state index contributed by atoms with van der Waals surface area (Å²) in [5.74, 6) is 5.30. The van der Waals surface area contributed by atoms with Gasteiger partial charge in [-0.15, -0.1) is 0 Å². The summed E-state index contributed by atoms with van der Waals surface area (Å²) in [5.41, 5.74) is 1.47. The van der Waals surface area contributed by atoms with Gasteiger partial charge in [-0.05, 0) is 17.7 Å². The molecule has 1 unspecified atom stereocenters. The molecule has 0 aromatic heterocycles. The van der Waals surface area contributed by atoms with Crippen LogP contribution in [0.1, 0.15) is 17.4 Å². The average molecular weight is 342 g/mol. The molecule has 3 N–H and O–H groups in total. The minimum absolute atomic E-state index is 0.214. The largest absolute Gasteiger partial charge is 0.394 e. The Hall–Kier alpha value is -1.14. The van der Waals surface area contributed by atoms with Gasteiger partial charge in [0.05, 0.1) is 12.7 Å². The second-order valence-electron chi connectivity index (χ2n) is 4.72. The maximum atomic E-state index is 9.55. The van der Waals surface area contributed by atoms with E-state index in [-0.39, 0.29) is 6.61 Å². The van der Waals surface area contributed by atoms with E-state index < -0.39 is 12.4 Å². The lowest BCUT2D eigenvalue weighted by Gasteiger charge is -2.23. The molecular formula is C16H17Cl2NO3. The Balaban J connectivity index is 2.11. The molecule has 22 heavy (non-hydrogen) atoms. The van der Waals surface area contributed by atoms with Crippen molar-refractivity contribution in [3.05, 3.63) is 69.7 Å². The van der Waals surface area contributed by atoms with Crippen molar-refractivity contribution in [3.63, 3.8) is 0 Å². The predicted molar refractivity (Wildman–Crippen MR) is 86.6 cm³/mol. The number of rotatable bonds is 7. The van der Waals surface area contributed by atoms with Crippen LogP contribution >= 0.6 is 23.2 Å². The number of benzene rings is 2. The molecule has 0 saturated heterocycles. The molecule has 0 spiro atoms. The molecule has 0 radical (unpaired) electrons. The van der Waals surface area contributed by atoms with Crippen LogP contribution in [-0.4, -0.2) is 17.8 Å². The summed E-state index contributed by atoms with van der Waals surface area (Å²) in [6.07, 6.45) is -0.979. The van der Waals surface area contributed by atoms with E-state index >= 15 is 0 Å².